The number of hydrogen-bond acceptors (Lipinski definition) is 2. The van der Waals surface area contributed by atoms with Crippen molar-refractivity contribution >= 4 is 11.4 Å². The third-order valence-electron chi connectivity index (χ3n) is 3.04. The largest absolute Gasteiger partial charge is 0.396 e. The van der Waals surface area contributed by atoms with Gasteiger partial charge in [-0.2, -0.15) is 0 Å². The molecule has 2 N–H and O–H groups in total. The fourth-order valence-electron chi connectivity index (χ4n) is 2.05. The molecule has 0 saturated carbocycles. The second-order valence-corrected chi connectivity index (χ2v) is 4.46. The Balaban J connectivity index is 2.24. The van der Waals surface area contributed by atoms with Gasteiger partial charge in [0.1, 0.15) is 0 Å². The van der Waals surface area contributed by atoms with Crippen LogP contribution in [0.1, 0.15) is 11.1 Å². The molecule has 0 aliphatic rings. The van der Waals surface area contributed by atoms with Crippen molar-refractivity contribution in [2.45, 2.75) is 13.5 Å². The van der Waals surface area contributed by atoms with E-state index >= 15 is 0 Å². The molecule has 0 heterocycles. The van der Waals surface area contributed by atoms with Crippen LogP contribution in [0.5, 0.6) is 0 Å². The summed E-state index contributed by atoms with van der Waals surface area (Å²) in [4.78, 5) is 2.02. The van der Waals surface area contributed by atoms with Crippen LogP contribution >= 0.6 is 0 Å². The number of aryl methyl sites for hydroxylation is 1. The van der Waals surface area contributed by atoms with Gasteiger partial charge in [0.15, 0.2) is 5.82 Å². The zero-order valence-corrected chi connectivity index (χ0v) is 10.7. The molecule has 0 aliphatic heterocycles. The predicted molar refractivity (Wildman–Crippen MR) is 74.1 cm³/mol. The summed E-state index contributed by atoms with van der Waals surface area (Å²) in [6.07, 6.45) is 0. The van der Waals surface area contributed by atoms with Crippen molar-refractivity contribution in [2.75, 3.05) is 17.7 Å². The molecule has 0 fully saturated rings. The van der Waals surface area contributed by atoms with E-state index in [-0.39, 0.29) is 11.5 Å². The first-order chi connectivity index (χ1) is 8.59. The van der Waals surface area contributed by atoms with Gasteiger partial charge in [-0.1, -0.05) is 30.3 Å². The van der Waals surface area contributed by atoms with Gasteiger partial charge in [0.05, 0.1) is 5.69 Å². The molecule has 2 aromatic carbocycles. The van der Waals surface area contributed by atoms with Gasteiger partial charge in [0, 0.05) is 24.8 Å². The van der Waals surface area contributed by atoms with Crippen molar-refractivity contribution in [3.05, 3.63) is 59.4 Å². The fraction of sp³-hybridized carbons (Fsp3) is 0.200. The summed E-state index contributed by atoms with van der Waals surface area (Å²) in [6.45, 7) is 2.54. The van der Waals surface area contributed by atoms with Crippen LogP contribution in [-0.2, 0) is 6.54 Å². The zero-order chi connectivity index (χ0) is 13.1. The average Bonchev–Trinajstić information content (AvgIpc) is 2.35. The van der Waals surface area contributed by atoms with E-state index in [9.17, 15) is 4.39 Å². The highest BCUT2D eigenvalue weighted by atomic mass is 19.1. The van der Waals surface area contributed by atoms with E-state index in [4.69, 9.17) is 5.73 Å². The lowest BCUT2D eigenvalue weighted by Gasteiger charge is -2.22. The van der Waals surface area contributed by atoms with Crippen molar-refractivity contribution in [1.29, 1.82) is 0 Å². The first-order valence-electron chi connectivity index (χ1n) is 5.89. The number of nitrogen functional groups attached to an aromatic ring is 1. The summed E-state index contributed by atoms with van der Waals surface area (Å²) >= 11 is 0. The van der Waals surface area contributed by atoms with Gasteiger partial charge in [0.2, 0.25) is 0 Å². The number of para-hydroxylation sites is 1. The van der Waals surface area contributed by atoms with Crippen LogP contribution in [0.15, 0.2) is 42.5 Å². The highest BCUT2D eigenvalue weighted by Gasteiger charge is 2.09. The zero-order valence-electron chi connectivity index (χ0n) is 10.7. The van der Waals surface area contributed by atoms with Crippen molar-refractivity contribution in [2.24, 2.45) is 0 Å². The molecule has 94 valence electrons. The Labute approximate surface area is 107 Å². The van der Waals surface area contributed by atoms with Gasteiger partial charge in [-0.15, -0.1) is 0 Å². The number of nitrogens with two attached hydrogens (primary N) is 1. The molecule has 0 bridgehead atoms. The molecule has 3 heteroatoms. The summed E-state index contributed by atoms with van der Waals surface area (Å²) in [5.41, 5.74) is 8.65. The van der Waals surface area contributed by atoms with Crippen LogP contribution in [0.4, 0.5) is 15.8 Å². The van der Waals surface area contributed by atoms with Gasteiger partial charge in [-0.25, -0.2) is 4.39 Å². The van der Waals surface area contributed by atoms with Crippen LogP contribution < -0.4 is 10.6 Å². The quantitative estimate of drug-likeness (QED) is 0.839. The molecule has 18 heavy (non-hydrogen) atoms. The Morgan fingerprint density at radius 2 is 1.83 bits per heavy atom. The number of rotatable bonds is 3. The van der Waals surface area contributed by atoms with E-state index in [1.165, 1.54) is 5.56 Å². The average molecular weight is 244 g/mol. The topological polar surface area (TPSA) is 29.3 Å². The van der Waals surface area contributed by atoms with Gasteiger partial charge in [-0.3, -0.25) is 0 Å². The third kappa shape index (κ3) is 2.45. The Morgan fingerprint density at radius 1 is 1.11 bits per heavy atom. The number of anilines is 2. The number of hydrogen-bond donors (Lipinski definition) is 1. The van der Waals surface area contributed by atoms with E-state index in [1.54, 1.807) is 18.2 Å². The minimum absolute atomic E-state index is 0.200. The smallest absolute Gasteiger partial charge is 0.151 e. The molecule has 0 saturated heterocycles. The molecule has 0 amide bonds. The Kier molecular flexibility index (Phi) is 3.51. The van der Waals surface area contributed by atoms with Crippen molar-refractivity contribution in [3.63, 3.8) is 0 Å². The molecule has 2 rings (SSSR count). The monoisotopic (exact) mass is 244 g/mol. The summed E-state index contributed by atoms with van der Waals surface area (Å²) < 4.78 is 13.8. The van der Waals surface area contributed by atoms with Gasteiger partial charge < -0.3 is 10.6 Å². The molecule has 2 aromatic rings. The molecular formula is C15H17FN2. The molecule has 0 spiro atoms. The van der Waals surface area contributed by atoms with E-state index in [2.05, 4.69) is 0 Å². The maximum absolute atomic E-state index is 13.8. The lowest BCUT2D eigenvalue weighted by atomic mass is 10.1. The first-order valence-corrected chi connectivity index (χ1v) is 5.89. The molecule has 0 radical (unpaired) electrons. The molecule has 0 aliphatic carbocycles. The minimum atomic E-state index is -0.321. The summed E-state index contributed by atoms with van der Waals surface area (Å²) in [5.74, 6) is -0.321. The van der Waals surface area contributed by atoms with Gasteiger partial charge in [-0.05, 0) is 24.6 Å². The van der Waals surface area contributed by atoms with Gasteiger partial charge in [0.25, 0.3) is 0 Å². The SMILES string of the molecule is Cc1ccccc1N(C)Cc1cccc(N)c1F. The molecule has 0 unspecified atom stereocenters. The van der Waals surface area contributed by atoms with Crippen molar-refractivity contribution in [1.82, 2.24) is 0 Å². The molecular weight excluding hydrogens is 227 g/mol. The summed E-state index contributed by atoms with van der Waals surface area (Å²) in [7, 11) is 1.95. The van der Waals surface area contributed by atoms with Gasteiger partial charge >= 0.3 is 0 Å². The fourth-order valence-corrected chi connectivity index (χ4v) is 2.05. The normalized spacial score (nSPS) is 10.4. The van der Waals surface area contributed by atoms with Crippen LogP contribution in [0.3, 0.4) is 0 Å². The van der Waals surface area contributed by atoms with Crippen LogP contribution in [0, 0.1) is 12.7 Å². The van der Waals surface area contributed by atoms with Crippen LogP contribution in [0.25, 0.3) is 0 Å². The Morgan fingerprint density at radius 3 is 2.56 bits per heavy atom. The second-order valence-electron chi connectivity index (χ2n) is 4.46. The predicted octanol–water partition coefficient (Wildman–Crippen LogP) is 3.35. The molecule has 0 atom stereocenters. The Bertz CT molecular complexity index is 552. The second kappa shape index (κ2) is 5.08. The third-order valence-corrected chi connectivity index (χ3v) is 3.04. The number of halogens is 1. The van der Waals surface area contributed by atoms with Crippen molar-refractivity contribution in [3.8, 4) is 0 Å². The lowest BCUT2D eigenvalue weighted by molar-refractivity contribution is 0.612. The highest BCUT2D eigenvalue weighted by molar-refractivity contribution is 5.53. The molecule has 0 aromatic heterocycles. The number of benzene rings is 2. The minimum Gasteiger partial charge on any atom is -0.396 e. The van der Waals surface area contributed by atoms with E-state index in [0.29, 0.717) is 12.1 Å². The summed E-state index contributed by atoms with van der Waals surface area (Å²) in [6, 6.07) is 13.2. The maximum Gasteiger partial charge on any atom is 0.151 e. The first kappa shape index (κ1) is 12.4. The lowest BCUT2D eigenvalue weighted by Crippen LogP contribution is -2.18. The number of nitrogens with zero attached hydrogens (tertiary/aromatic N) is 1. The summed E-state index contributed by atoms with van der Waals surface area (Å²) in [5, 5.41) is 0. The van der Waals surface area contributed by atoms with Crippen LogP contribution in [-0.4, -0.2) is 7.05 Å². The van der Waals surface area contributed by atoms with Crippen molar-refractivity contribution < 1.29 is 4.39 Å². The highest BCUT2D eigenvalue weighted by Crippen LogP contribution is 2.22. The van der Waals surface area contributed by atoms with E-state index in [0.717, 1.165) is 5.69 Å². The maximum atomic E-state index is 13.8. The van der Waals surface area contributed by atoms with Crippen LogP contribution in [0.2, 0.25) is 0 Å². The standard InChI is InChI=1S/C15H17FN2/c1-11-6-3-4-9-14(11)18(2)10-12-7-5-8-13(17)15(12)16/h3-9H,10,17H2,1-2H3. The van der Waals surface area contributed by atoms with E-state index in [1.807, 2.05) is 43.1 Å². The molecule has 2 nitrogen and oxygen atoms in total. The Hall–Kier alpha value is -2.03. The van der Waals surface area contributed by atoms with E-state index < -0.39 is 0 Å².